The van der Waals surface area contributed by atoms with Gasteiger partial charge in [-0.15, -0.1) is 0 Å². The van der Waals surface area contributed by atoms with Crippen molar-refractivity contribution >= 4 is 11.5 Å². The van der Waals surface area contributed by atoms with Crippen molar-refractivity contribution in [2.24, 2.45) is 0 Å². The van der Waals surface area contributed by atoms with E-state index in [0.29, 0.717) is 17.0 Å². The van der Waals surface area contributed by atoms with E-state index < -0.39 is 0 Å². The number of carbonyl (C=O) groups excluding carboxylic acids is 1. The summed E-state index contributed by atoms with van der Waals surface area (Å²) in [6, 6.07) is 5.88. The number of H-pyrrole nitrogens is 1. The van der Waals surface area contributed by atoms with E-state index in [-0.39, 0.29) is 17.2 Å². The summed E-state index contributed by atoms with van der Waals surface area (Å²) in [6.45, 7) is 1.41. The number of benzene rings is 1. The van der Waals surface area contributed by atoms with Gasteiger partial charge in [-0.1, -0.05) is 0 Å². The molecule has 1 aromatic heterocycles. The van der Waals surface area contributed by atoms with Crippen LogP contribution in [0.2, 0.25) is 0 Å². The van der Waals surface area contributed by atoms with E-state index in [2.05, 4.69) is 9.97 Å². The summed E-state index contributed by atoms with van der Waals surface area (Å²) in [5.74, 6) is 0.253. The van der Waals surface area contributed by atoms with Gasteiger partial charge in [-0.2, -0.15) is 0 Å². The minimum absolute atomic E-state index is 0.117. The molecule has 0 radical (unpaired) electrons. The van der Waals surface area contributed by atoms with E-state index >= 15 is 0 Å². The zero-order valence-corrected chi connectivity index (χ0v) is 9.64. The van der Waals surface area contributed by atoms with Gasteiger partial charge in [-0.05, 0) is 25.1 Å². The molecular weight excluding hydrogens is 234 g/mol. The van der Waals surface area contributed by atoms with Crippen LogP contribution in [0.4, 0.5) is 5.69 Å². The smallest absolute Gasteiger partial charge is 0.254 e. The third-order valence-corrected chi connectivity index (χ3v) is 2.25. The number of ether oxygens (including phenoxy) is 1. The maximum absolute atomic E-state index is 11.5. The summed E-state index contributed by atoms with van der Waals surface area (Å²) in [7, 11) is 0. The summed E-state index contributed by atoms with van der Waals surface area (Å²) in [5.41, 5.74) is 6.08. The molecule has 0 saturated heterocycles. The van der Waals surface area contributed by atoms with Crippen molar-refractivity contribution in [3.8, 4) is 11.6 Å². The molecule has 0 amide bonds. The highest BCUT2D eigenvalue weighted by Gasteiger charge is 2.10. The van der Waals surface area contributed by atoms with E-state index in [1.807, 2.05) is 0 Å². The Morgan fingerprint density at radius 3 is 2.83 bits per heavy atom. The fraction of sp³-hybridized carbons (Fsp3) is 0.0833. The molecule has 1 aromatic carbocycles. The molecule has 6 heteroatoms. The summed E-state index contributed by atoms with van der Waals surface area (Å²) in [5, 5.41) is 0. The van der Waals surface area contributed by atoms with Crippen LogP contribution in [-0.2, 0) is 0 Å². The van der Waals surface area contributed by atoms with Crippen molar-refractivity contribution in [1.82, 2.24) is 9.97 Å². The second kappa shape index (κ2) is 4.70. The Hall–Kier alpha value is -2.63. The number of carbonyl (C=O) groups is 1. The molecule has 0 aliphatic carbocycles. The fourth-order valence-corrected chi connectivity index (χ4v) is 1.43. The average Bonchev–Trinajstić information content (AvgIpc) is 2.31. The molecule has 0 spiro atoms. The zero-order chi connectivity index (χ0) is 13.1. The largest absolute Gasteiger partial charge is 0.438 e. The van der Waals surface area contributed by atoms with Gasteiger partial charge in [0, 0.05) is 5.69 Å². The standard InChI is InChI=1S/C12H11N3O3/c1-7(16)9-4-8(13)2-3-10(9)18-12-5-11(17)14-6-15-12/h2-6H,13H2,1H3,(H,14,15,17). The molecule has 0 aliphatic rings. The third-order valence-electron chi connectivity index (χ3n) is 2.25. The average molecular weight is 245 g/mol. The number of ketones is 1. The summed E-state index contributed by atoms with van der Waals surface area (Å²) in [6.07, 6.45) is 1.22. The van der Waals surface area contributed by atoms with Crippen LogP contribution in [-0.4, -0.2) is 15.8 Å². The van der Waals surface area contributed by atoms with Crippen LogP contribution in [0.5, 0.6) is 11.6 Å². The van der Waals surface area contributed by atoms with Crippen LogP contribution in [0, 0.1) is 0 Å². The predicted octanol–water partition coefficient (Wildman–Crippen LogP) is 1.35. The van der Waals surface area contributed by atoms with Crippen LogP contribution >= 0.6 is 0 Å². The van der Waals surface area contributed by atoms with Gasteiger partial charge in [-0.25, -0.2) is 4.98 Å². The van der Waals surface area contributed by atoms with E-state index in [4.69, 9.17) is 10.5 Å². The van der Waals surface area contributed by atoms with Crippen molar-refractivity contribution in [3.63, 3.8) is 0 Å². The molecule has 0 atom stereocenters. The topological polar surface area (TPSA) is 98.1 Å². The number of nitrogen functional groups attached to an aromatic ring is 1. The van der Waals surface area contributed by atoms with Crippen molar-refractivity contribution < 1.29 is 9.53 Å². The van der Waals surface area contributed by atoms with E-state index in [1.165, 1.54) is 25.4 Å². The minimum atomic E-state index is -0.333. The Balaban J connectivity index is 2.40. The van der Waals surface area contributed by atoms with Gasteiger partial charge in [0.25, 0.3) is 5.56 Å². The highest BCUT2D eigenvalue weighted by atomic mass is 16.5. The number of hydrogen-bond acceptors (Lipinski definition) is 5. The van der Waals surface area contributed by atoms with Gasteiger partial charge in [0.05, 0.1) is 18.0 Å². The van der Waals surface area contributed by atoms with Crippen molar-refractivity contribution in [2.45, 2.75) is 6.92 Å². The number of nitrogens with zero attached hydrogens (tertiary/aromatic N) is 1. The first-order valence-electron chi connectivity index (χ1n) is 5.19. The van der Waals surface area contributed by atoms with Gasteiger partial charge in [0.2, 0.25) is 5.88 Å². The van der Waals surface area contributed by atoms with Crippen LogP contribution < -0.4 is 16.0 Å². The summed E-state index contributed by atoms with van der Waals surface area (Å²) >= 11 is 0. The first kappa shape index (κ1) is 11.8. The second-order valence-electron chi connectivity index (χ2n) is 3.66. The molecule has 2 aromatic rings. The number of Topliss-reactive ketones (excluding diaryl/α,β-unsaturated/α-hetero) is 1. The maximum atomic E-state index is 11.5. The monoisotopic (exact) mass is 245 g/mol. The van der Waals surface area contributed by atoms with Gasteiger partial charge in [0.1, 0.15) is 5.75 Å². The molecule has 0 saturated carbocycles. The molecule has 1 heterocycles. The van der Waals surface area contributed by atoms with Gasteiger partial charge >= 0.3 is 0 Å². The van der Waals surface area contributed by atoms with Crippen molar-refractivity contribution in [3.05, 3.63) is 46.5 Å². The second-order valence-corrected chi connectivity index (χ2v) is 3.66. The number of nitrogens with one attached hydrogen (secondary N) is 1. The lowest BCUT2D eigenvalue weighted by Crippen LogP contribution is -2.06. The lowest BCUT2D eigenvalue weighted by molar-refractivity contribution is 0.101. The maximum Gasteiger partial charge on any atom is 0.254 e. The molecule has 0 fully saturated rings. The minimum Gasteiger partial charge on any atom is -0.438 e. The summed E-state index contributed by atoms with van der Waals surface area (Å²) < 4.78 is 5.40. The number of rotatable bonds is 3. The lowest BCUT2D eigenvalue weighted by atomic mass is 10.1. The molecule has 0 aliphatic heterocycles. The first-order chi connectivity index (χ1) is 8.56. The Kier molecular flexibility index (Phi) is 3.09. The van der Waals surface area contributed by atoms with E-state index in [9.17, 15) is 9.59 Å². The SMILES string of the molecule is CC(=O)c1cc(N)ccc1Oc1cc(=O)[nH]cn1. The molecule has 0 bridgehead atoms. The predicted molar refractivity (Wildman–Crippen MR) is 65.8 cm³/mol. The number of hydrogen-bond donors (Lipinski definition) is 2. The number of aromatic nitrogens is 2. The first-order valence-corrected chi connectivity index (χ1v) is 5.19. The zero-order valence-electron chi connectivity index (χ0n) is 9.64. The van der Waals surface area contributed by atoms with Crippen LogP contribution in [0.1, 0.15) is 17.3 Å². The Morgan fingerprint density at radius 2 is 2.17 bits per heavy atom. The molecule has 2 rings (SSSR count). The fourth-order valence-electron chi connectivity index (χ4n) is 1.43. The van der Waals surface area contributed by atoms with Crippen LogP contribution in [0.25, 0.3) is 0 Å². The number of aromatic amines is 1. The molecule has 3 N–H and O–H groups in total. The van der Waals surface area contributed by atoms with Crippen molar-refractivity contribution in [2.75, 3.05) is 5.73 Å². The lowest BCUT2D eigenvalue weighted by Gasteiger charge is -2.08. The highest BCUT2D eigenvalue weighted by molar-refractivity contribution is 5.97. The third kappa shape index (κ3) is 2.54. The Labute approximate surface area is 102 Å². The molecule has 0 unspecified atom stereocenters. The Morgan fingerprint density at radius 1 is 1.39 bits per heavy atom. The Bertz CT molecular complexity index is 649. The molecule has 6 nitrogen and oxygen atoms in total. The van der Waals surface area contributed by atoms with Gasteiger partial charge in [0.15, 0.2) is 5.78 Å². The quantitative estimate of drug-likeness (QED) is 0.628. The van der Waals surface area contributed by atoms with Gasteiger partial charge < -0.3 is 15.5 Å². The molecule has 18 heavy (non-hydrogen) atoms. The summed E-state index contributed by atoms with van der Waals surface area (Å²) in [4.78, 5) is 28.8. The number of nitrogens with two attached hydrogens (primary N) is 1. The van der Waals surface area contributed by atoms with Crippen LogP contribution in [0.15, 0.2) is 35.4 Å². The highest BCUT2D eigenvalue weighted by Crippen LogP contribution is 2.25. The van der Waals surface area contributed by atoms with E-state index in [0.717, 1.165) is 0 Å². The van der Waals surface area contributed by atoms with Crippen LogP contribution in [0.3, 0.4) is 0 Å². The van der Waals surface area contributed by atoms with Crippen molar-refractivity contribution in [1.29, 1.82) is 0 Å². The number of anilines is 1. The van der Waals surface area contributed by atoms with E-state index in [1.54, 1.807) is 12.1 Å². The molecular formula is C12H11N3O3. The normalized spacial score (nSPS) is 10.1. The van der Waals surface area contributed by atoms with Gasteiger partial charge in [-0.3, -0.25) is 9.59 Å². The molecule has 92 valence electrons.